The summed E-state index contributed by atoms with van der Waals surface area (Å²) >= 11 is 0. The predicted molar refractivity (Wildman–Crippen MR) is 54.9 cm³/mol. The first-order valence-electron chi connectivity index (χ1n) is 5.14. The lowest BCUT2D eigenvalue weighted by Gasteiger charge is -2.26. The lowest BCUT2D eigenvalue weighted by molar-refractivity contribution is -0.129. The van der Waals surface area contributed by atoms with Gasteiger partial charge in [-0.05, 0) is 26.2 Å². The first-order valence-corrected chi connectivity index (χ1v) is 5.14. The average Bonchev–Trinajstić information content (AvgIpc) is 2.40. The Morgan fingerprint density at radius 2 is 2.21 bits per heavy atom. The SMILES string of the molecule is COC1(C)CCCN(C(=O)CN)CC1. The van der Waals surface area contributed by atoms with Gasteiger partial charge in [-0.1, -0.05) is 0 Å². The number of carbonyl (C=O) groups excluding carboxylic acids is 1. The van der Waals surface area contributed by atoms with E-state index < -0.39 is 0 Å². The summed E-state index contributed by atoms with van der Waals surface area (Å²) in [6.45, 7) is 3.79. The molecule has 1 fully saturated rings. The van der Waals surface area contributed by atoms with Crippen molar-refractivity contribution in [1.82, 2.24) is 4.90 Å². The molecule has 0 aromatic carbocycles. The minimum atomic E-state index is -0.0658. The summed E-state index contributed by atoms with van der Waals surface area (Å²) in [5.74, 6) is 0.0466. The molecule has 4 heteroatoms. The molecule has 0 bridgehead atoms. The third kappa shape index (κ3) is 2.69. The largest absolute Gasteiger partial charge is 0.378 e. The van der Waals surface area contributed by atoms with Crippen molar-refractivity contribution in [2.45, 2.75) is 31.8 Å². The number of hydrogen-bond acceptors (Lipinski definition) is 3. The third-order valence-electron chi connectivity index (χ3n) is 3.06. The van der Waals surface area contributed by atoms with Gasteiger partial charge in [-0.2, -0.15) is 0 Å². The number of ether oxygens (including phenoxy) is 1. The summed E-state index contributed by atoms with van der Waals surface area (Å²) in [6, 6.07) is 0. The molecule has 4 nitrogen and oxygen atoms in total. The molecule has 0 spiro atoms. The zero-order valence-electron chi connectivity index (χ0n) is 9.08. The molecule has 0 radical (unpaired) electrons. The van der Waals surface area contributed by atoms with E-state index in [1.54, 1.807) is 7.11 Å². The minimum Gasteiger partial charge on any atom is -0.378 e. The summed E-state index contributed by atoms with van der Waals surface area (Å²) < 4.78 is 5.45. The fourth-order valence-corrected chi connectivity index (χ4v) is 1.83. The number of likely N-dealkylation sites (tertiary alicyclic amines) is 1. The highest BCUT2D eigenvalue weighted by atomic mass is 16.5. The number of amides is 1. The predicted octanol–water partition coefficient (Wildman–Crippen LogP) is 0.363. The van der Waals surface area contributed by atoms with Gasteiger partial charge >= 0.3 is 0 Å². The van der Waals surface area contributed by atoms with E-state index in [2.05, 4.69) is 6.92 Å². The molecule has 1 aliphatic rings. The van der Waals surface area contributed by atoms with Gasteiger partial charge in [-0.25, -0.2) is 0 Å². The van der Waals surface area contributed by atoms with Crippen LogP contribution in [-0.4, -0.2) is 43.2 Å². The summed E-state index contributed by atoms with van der Waals surface area (Å²) in [6.07, 6.45) is 2.91. The Morgan fingerprint density at radius 3 is 2.79 bits per heavy atom. The molecule has 1 amide bonds. The average molecular weight is 200 g/mol. The van der Waals surface area contributed by atoms with E-state index in [1.807, 2.05) is 4.90 Å². The van der Waals surface area contributed by atoms with Crippen molar-refractivity contribution in [3.63, 3.8) is 0 Å². The zero-order chi connectivity index (χ0) is 10.6. The number of carbonyl (C=O) groups is 1. The molecule has 1 unspecified atom stereocenters. The topological polar surface area (TPSA) is 55.6 Å². The van der Waals surface area contributed by atoms with Crippen LogP contribution in [-0.2, 0) is 9.53 Å². The van der Waals surface area contributed by atoms with Crippen LogP contribution in [0.5, 0.6) is 0 Å². The van der Waals surface area contributed by atoms with Crippen molar-refractivity contribution in [1.29, 1.82) is 0 Å². The van der Waals surface area contributed by atoms with Crippen LogP contribution in [0.4, 0.5) is 0 Å². The van der Waals surface area contributed by atoms with Gasteiger partial charge in [0.25, 0.3) is 0 Å². The number of nitrogens with two attached hydrogens (primary N) is 1. The smallest absolute Gasteiger partial charge is 0.236 e. The molecule has 1 aliphatic heterocycles. The maximum absolute atomic E-state index is 11.4. The van der Waals surface area contributed by atoms with Crippen molar-refractivity contribution < 1.29 is 9.53 Å². The quantitative estimate of drug-likeness (QED) is 0.700. The lowest BCUT2D eigenvalue weighted by atomic mass is 9.97. The molecule has 82 valence electrons. The monoisotopic (exact) mass is 200 g/mol. The van der Waals surface area contributed by atoms with Gasteiger partial charge in [0.2, 0.25) is 5.91 Å². The van der Waals surface area contributed by atoms with E-state index in [-0.39, 0.29) is 18.1 Å². The van der Waals surface area contributed by atoms with Crippen LogP contribution in [0, 0.1) is 0 Å². The minimum absolute atomic E-state index is 0.0466. The van der Waals surface area contributed by atoms with E-state index in [4.69, 9.17) is 10.5 Å². The molecular weight excluding hydrogens is 180 g/mol. The third-order valence-corrected chi connectivity index (χ3v) is 3.06. The Balaban J connectivity index is 2.52. The van der Waals surface area contributed by atoms with Crippen molar-refractivity contribution in [3.05, 3.63) is 0 Å². The van der Waals surface area contributed by atoms with Crippen LogP contribution in [0.15, 0.2) is 0 Å². The highest BCUT2D eigenvalue weighted by molar-refractivity contribution is 5.78. The summed E-state index contributed by atoms with van der Waals surface area (Å²) in [5, 5.41) is 0. The van der Waals surface area contributed by atoms with E-state index in [9.17, 15) is 4.79 Å². The van der Waals surface area contributed by atoms with Gasteiger partial charge in [0, 0.05) is 20.2 Å². The number of methoxy groups -OCH3 is 1. The van der Waals surface area contributed by atoms with Gasteiger partial charge < -0.3 is 15.4 Å². The normalized spacial score (nSPS) is 28.6. The van der Waals surface area contributed by atoms with Gasteiger partial charge in [0.05, 0.1) is 12.1 Å². The fraction of sp³-hybridized carbons (Fsp3) is 0.900. The van der Waals surface area contributed by atoms with E-state index >= 15 is 0 Å². The summed E-state index contributed by atoms with van der Waals surface area (Å²) in [4.78, 5) is 13.2. The Hall–Kier alpha value is -0.610. The number of nitrogens with zero attached hydrogens (tertiary/aromatic N) is 1. The first kappa shape index (κ1) is 11.5. The van der Waals surface area contributed by atoms with Crippen LogP contribution >= 0.6 is 0 Å². The fourth-order valence-electron chi connectivity index (χ4n) is 1.83. The molecule has 1 rings (SSSR count). The van der Waals surface area contributed by atoms with Crippen LogP contribution in [0.3, 0.4) is 0 Å². The first-order chi connectivity index (χ1) is 6.61. The Labute approximate surface area is 85.4 Å². The highest BCUT2D eigenvalue weighted by Crippen LogP contribution is 2.24. The molecular formula is C10H20N2O2. The summed E-state index contributed by atoms with van der Waals surface area (Å²) in [5.41, 5.74) is 5.27. The molecule has 0 aliphatic carbocycles. The van der Waals surface area contributed by atoms with E-state index in [1.165, 1.54) is 0 Å². The van der Waals surface area contributed by atoms with Gasteiger partial charge in [0.15, 0.2) is 0 Å². The Kier molecular flexibility index (Phi) is 3.89. The van der Waals surface area contributed by atoms with Gasteiger partial charge in [-0.15, -0.1) is 0 Å². The maximum atomic E-state index is 11.4. The van der Waals surface area contributed by atoms with Crippen LogP contribution in [0.25, 0.3) is 0 Å². The second kappa shape index (κ2) is 4.75. The zero-order valence-corrected chi connectivity index (χ0v) is 9.08. The lowest BCUT2D eigenvalue weighted by Crippen LogP contribution is -2.37. The molecule has 0 aromatic rings. The molecule has 0 saturated carbocycles. The van der Waals surface area contributed by atoms with Crippen LogP contribution in [0.2, 0.25) is 0 Å². The van der Waals surface area contributed by atoms with E-state index in [0.717, 1.165) is 32.4 Å². The van der Waals surface area contributed by atoms with Crippen molar-refractivity contribution in [2.75, 3.05) is 26.7 Å². The molecule has 1 heterocycles. The molecule has 14 heavy (non-hydrogen) atoms. The maximum Gasteiger partial charge on any atom is 0.236 e. The summed E-state index contributed by atoms with van der Waals surface area (Å²) in [7, 11) is 1.74. The Bertz CT molecular complexity index is 208. The van der Waals surface area contributed by atoms with Crippen molar-refractivity contribution >= 4 is 5.91 Å². The molecule has 0 aromatic heterocycles. The number of rotatable bonds is 2. The number of hydrogen-bond donors (Lipinski definition) is 1. The van der Waals surface area contributed by atoms with Crippen LogP contribution < -0.4 is 5.73 Å². The van der Waals surface area contributed by atoms with Crippen molar-refractivity contribution in [2.24, 2.45) is 5.73 Å². The molecule has 2 N–H and O–H groups in total. The standard InChI is InChI=1S/C10H20N2O2/c1-10(14-2)4-3-6-12(7-5-10)9(13)8-11/h3-8,11H2,1-2H3. The second-order valence-corrected chi connectivity index (χ2v) is 4.09. The van der Waals surface area contributed by atoms with Gasteiger partial charge in [0.1, 0.15) is 0 Å². The van der Waals surface area contributed by atoms with E-state index in [0.29, 0.717) is 0 Å². The molecule has 1 atom stereocenters. The molecule has 1 saturated heterocycles. The van der Waals surface area contributed by atoms with Crippen LogP contribution in [0.1, 0.15) is 26.2 Å². The highest BCUT2D eigenvalue weighted by Gasteiger charge is 2.28. The second-order valence-electron chi connectivity index (χ2n) is 4.09. The Morgan fingerprint density at radius 1 is 1.50 bits per heavy atom. The van der Waals surface area contributed by atoms with Crippen molar-refractivity contribution in [3.8, 4) is 0 Å². The van der Waals surface area contributed by atoms with Gasteiger partial charge in [-0.3, -0.25) is 4.79 Å².